The maximum absolute atomic E-state index is 5.53. The van der Waals surface area contributed by atoms with Gasteiger partial charge in [-0.2, -0.15) is 0 Å². The van der Waals surface area contributed by atoms with Gasteiger partial charge in [0.25, 0.3) is 0 Å². The van der Waals surface area contributed by atoms with E-state index >= 15 is 0 Å². The van der Waals surface area contributed by atoms with Gasteiger partial charge in [0.1, 0.15) is 0 Å². The van der Waals surface area contributed by atoms with Crippen LogP contribution in [0.25, 0.3) is 11.3 Å². The van der Waals surface area contributed by atoms with Crippen molar-refractivity contribution in [3.63, 3.8) is 0 Å². The second-order valence-electron chi connectivity index (χ2n) is 2.88. The molecule has 0 bridgehead atoms. The maximum atomic E-state index is 5.53. The monoisotopic (exact) mass is 205 g/mol. The number of aromatic amines is 1. The number of thioether (sulfide) groups is 1. The van der Waals surface area contributed by atoms with Crippen LogP contribution >= 0.6 is 11.8 Å². The van der Waals surface area contributed by atoms with Crippen molar-refractivity contribution >= 4 is 17.7 Å². The van der Waals surface area contributed by atoms with Crippen LogP contribution in [0.3, 0.4) is 0 Å². The average Bonchev–Trinajstić information content (AvgIpc) is 2.65. The van der Waals surface area contributed by atoms with Crippen LogP contribution in [0.15, 0.2) is 35.4 Å². The van der Waals surface area contributed by atoms with Crippen LogP contribution in [-0.4, -0.2) is 16.2 Å². The zero-order valence-electron chi connectivity index (χ0n) is 7.82. The molecule has 72 valence electrons. The lowest BCUT2D eigenvalue weighted by Gasteiger charge is -2.03. The number of imidazole rings is 1. The van der Waals surface area contributed by atoms with Gasteiger partial charge in [0.05, 0.1) is 11.9 Å². The molecule has 2 aromatic rings. The molecule has 3 nitrogen and oxygen atoms in total. The number of rotatable bonds is 2. The van der Waals surface area contributed by atoms with Crippen LogP contribution in [0.4, 0.5) is 5.95 Å². The molecule has 0 radical (unpaired) electrons. The Bertz CT molecular complexity index is 436. The van der Waals surface area contributed by atoms with Gasteiger partial charge in [-0.15, -0.1) is 11.8 Å². The van der Waals surface area contributed by atoms with Crippen LogP contribution in [0, 0.1) is 0 Å². The van der Waals surface area contributed by atoms with Gasteiger partial charge in [-0.3, -0.25) is 0 Å². The highest BCUT2D eigenvalue weighted by atomic mass is 32.2. The number of hydrogen-bond acceptors (Lipinski definition) is 3. The summed E-state index contributed by atoms with van der Waals surface area (Å²) in [7, 11) is 0. The Kier molecular flexibility index (Phi) is 2.45. The molecule has 1 aromatic carbocycles. The van der Waals surface area contributed by atoms with Crippen molar-refractivity contribution in [2.45, 2.75) is 4.90 Å². The highest BCUT2D eigenvalue weighted by molar-refractivity contribution is 7.98. The van der Waals surface area contributed by atoms with Gasteiger partial charge in [-0.1, -0.05) is 18.2 Å². The minimum Gasteiger partial charge on any atom is -0.369 e. The van der Waals surface area contributed by atoms with E-state index in [-0.39, 0.29) is 0 Å². The summed E-state index contributed by atoms with van der Waals surface area (Å²) in [4.78, 5) is 8.22. The third-order valence-corrected chi connectivity index (χ3v) is 2.79. The summed E-state index contributed by atoms with van der Waals surface area (Å²) in [6.07, 6.45) is 3.81. The highest BCUT2D eigenvalue weighted by Crippen LogP contribution is 2.28. The van der Waals surface area contributed by atoms with Crippen molar-refractivity contribution in [1.29, 1.82) is 0 Å². The summed E-state index contributed by atoms with van der Waals surface area (Å²) in [5.74, 6) is 0.455. The summed E-state index contributed by atoms with van der Waals surface area (Å²) < 4.78 is 0. The zero-order chi connectivity index (χ0) is 9.97. The van der Waals surface area contributed by atoms with Gasteiger partial charge in [-0.25, -0.2) is 4.98 Å². The molecule has 3 N–H and O–H groups in total. The average molecular weight is 205 g/mol. The summed E-state index contributed by atoms with van der Waals surface area (Å²) in [6, 6.07) is 8.16. The summed E-state index contributed by atoms with van der Waals surface area (Å²) >= 11 is 1.71. The first-order valence-electron chi connectivity index (χ1n) is 4.25. The fourth-order valence-corrected chi connectivity index (χ4v) is 1.95. The first-order valence-corrected chi connectivity index (χ1v) is 5.47. The second-order valence-corrected chi connectivity index (χ2v) is 3.73. The molecule has 0 saturated carbocycles. The molecule has 0 aliphatic rings. The fourth-order valence-electron chi connectivity index (χ4n) is 1.34. The van der Waals surface area contributed by atoms with Crippen LogP contribution in [0.1, 0.15) is 0 Å². The molecular weight excluding hydrogens is 194 g/mol. The predicted molar refractivity (Wildman–Crippen MR) is 60.2 cm³/mol. The SMILES string of the molecule is CSc1ccccc1-c1cnc(N)[nH]1. The molecule has 0 saturated heterocycles. The van der Waals surface area contributed by atoms with E-state index in [1.54, 1.807) is 18.0 Å². The van der Waals surface area contributed by atoms with Crippen molar-refractivity contribution in [2.24, 2.45) is 0 Å². The molecule has 14 heavy (non-hydrogen) atoms. The number of aromatic nitrogens is 2. The number of anilines is 1. The summed E-state index contributed by atoms with van der Waals surface area (Å²) in [5.41, 5.74) is 7.64. The number of nitrogens with one attached hydrogen (secondary N) is 1. The first-order chi connectivity index (χ1) is 6.81. The van der Waals surface area contributed by atoms with Crippen molar-refractivity contribution in [3.05, 3.63) is 30.5 Å². The van der Waals surface area contributed by atoms with Gasteiger partial charge in [0, 0.05) is 10.5 Å². The topological polar surface area (TPSA) is 54.7 Å². The Labute approximate surface area is 86.7 Å². The van der Waals surface area contributed by atoms with Crippen LogP contribution in [-0.2, 0) is 0 Å². The van der Waals surface area contributed by atoms with E-state index < -0.39 is 0 Å². The number of hydrogen-bond donors (Lipinski definition) is 2. The Morgan fingerprint density at radius 2 is 2.14 bits per heavy atom. The number of nitrogen functional groups attached to an aromatic ring is 1. The third-order valence-electron chi connectivity index (χ3n) is 1.99. The van der Waals surface area contributed by atoms with E-state index in [2.05, 4.69) is 28.4 Å². The summed E-state index contributed by atoms with van der Waals surface area (Å²) in [6.45, 7) is 0. The summed E-state index contributed by atoms with van der Waals surface area (Å²) in [5, 5.41) is 0. The molecule has 0 fully saturated rings. The molecule has 0 amide bonds. The minimum atomic E-state index is 0.455. The van der Waals surface area contributed by atoms with Crippen LogP contribution in [0.5, 0.6) is 0 Å². The van der Waals surface area contributed by atoms with Crippen molar-refractivity contribution in [3.8, 4) is 11.3 Å². The number of H-pyrrole nitrogens is 1. The van der Waals surface area contributed by atoms with Gasteiger partial charge >= 0.3 is 0 Å². The Morgan fingerprint density at radius 1 is 1.36 bits per heavy atom. The zero-order valence-corrected chi connectivity index (χ0v) is 8.64. The number of nitrogens with two attached hydrogens (primary N) is 1. The van der Waals surface area contributed by atoms with E-state index in [1.807, 2.05) is 12.1 Å². The Hall–Kier alpha value is -1.42. The van der Waals surface area contributed by atoms with Gasteiger partial charge in [0.15, 0.2) is 5.95 Å². The standard InChI is InChI=1S/C10H11N3S/c1-14-9-5-3-2-4-7(9)8-6-12-10(11)13-8/h2-6H,1H3,(H3,11,12,13). The van der Waals surface area contributed by atoms with Gasteiger partial charge in [-0.05, 0) is 12.3 Å². The molecule has 0 aliphatic carbocycles. The third kappa shape index (κ3) is 1.61. The smallest absolute Gasteiger partial charge is 0.197 e. The van der Waals surface area contributed by atoms with Gasteiger partial charge in [0.2, 0.25) is 0 Å². The number of benzene rings is 1. The highest BCUT2D eigenvalue weighted by Gasteiger charge is 2.05. The molecule has 1 aromatic heterocycles. The molecule has 0 unspecified atom stereocenters. The molecule has 0 spiro atoms. The van der Waals surface area contributed by atoms with Gasteiger partial charge < -0.3 is 10.7 Å². The van der Waals surface area contributed by atoms with Crippen molar-refractivity contribution in [2.75, 3.05) is 12.0 Å². The lowest BCUT2D eigenvalue weighted by atomic mass is 10.2. The largest absolute Gasteiger partial charge is 0.369 e. The molecule has 2 rings (SSSR count). The van der Waals surface area contributed by atoms with Crippen LogP contribution in [0.2, 0.25) is 0 Å². The molecule has 0 aliphatic heterocycles. The normalized spacial score (nSPS) is 10.4. The lowest BCUT2D eigenvalue weighted by molar-refractivity contribution is 1.32. The van der Waals surface area contributed by atoms with E-state index in [9.17, 15) is 0 Å². The Morgan fingerprint density at radius 3 is 2.79 bits per heavy atom. The fraction of sp³-hybridized carbons (Fsp3) is 0.100. The maximum Gasteiger partial charge on any atom is 0.197 e. The Balaban J connectivity index is 2.50. The minimum absolute atomic E-state index is 0.455. The predicted octanol–water partition coefficient (Wildman–Crippen LogP) is 2.38. The molecule has 4 heteroatoms. The molecule has 1 heterocycles. The second kappa shape index (κ2) is 3.75. The van der Waals surface area contributed by atoms with E-state index in [0.717, 1.165) is 11.3 Å². The quantitative estimate of drug-likeness (QED) is 0.740. The van der Waals surface area contributed by atoms with Crippen molar-refractivity contribution in [1.82, 2.24) is 9.97 Å². The van der Waals surface area contributed by atoms with E-state index in [1.165, 1.54) is 4.90 Å². The van der Waals surface area contributed by atoms with E-state index in [4.69, 9.17) is 5.73 Å². The van der Waals surface area contributed by atoms with Crippen molar-refractivity contribution < 1.29 is 0 Å². The first kappa shape index (κ1) is 9.15. The lowest BCUT2D eigenvalue weighted by Crippen LogP contribution is -1.86. The number of nitrogens with zero attached hydrogens (tertiary/aromatic N) is 1. The molecular formula is C10H11N3S. The molecule has 0 atom stereocenters. The van der Waals surface area contributed by atoms with Crippen LogP contribution < -0.4 is 5.73 Å². The van der Waals surface area contributed by atoms with E-state index in [0.29, 0.717) is 5.95 Å².